The number of para-hydroxylation sites is 2. The van der Waals surface area contributed by atoms with Crippen molar-refractivity contribution in [3.63, 3.8) is 0 Å². The van der Waals surface area contributed by atoms with Crippen molar-refractivity contribution in [2.75, 3.05) is 12.4 Å². The van der Waals surface area contributed by atoms with E-state index in [9.17, 15) is 13.6 Å². The summed E-state index contributed by atoms with van der Waals surface area (Å²) in [4.78, 5) is 20.9. The SMILES string of the molecule is COc1ccccc1Oc1cc(-c2cccc(C(=O)Nc3cc(F)cc(F)c3)c2)ncn1. The lowest BCUT2D eigenvalue weighted by atomic mass is 10.1. The van der Waals surface area contributed by atoms with Gasteiger partial charge in [0, 0.05) is 28.9 Å². The van der Waals surface area contributed by atoms with E-state index < -0.39 is 17.5 Å². The maximum Gasteiger partial charge on any atom is 0.255 e. The van der Waals surface area contributed by atoms with Gasteiger partial charge >= 0.3 is 0 Å². The smallest absolute Gasteiger partial charge is 0.255 e. The number of benzene rings is 3. The summed E-state index contributed by atoms with van der Waals surface area (Å²) in [5, 5.41) is 2.48. The topological polar surface area (TPSA) is 73.3 Å². The van der Waals surface area contributed by atoms with E-state index in [-0.39, 0.29) is 11.3 Å². The maximum absolute atomic E-state index is 13.4. The Balaban J connectivity index is 1.56. The first-order valence-electron chi connectivity index (χ1n) is 9.52. The van der Waals surface area contributed by atoms with E-state index in [4.69, 9.17) is 9.47 Å². The van der Waals surface area contributed by atoms with Gasteiger partial charge < -0.3 is 14.8 Å². The molecule has 160 valence electrons. The van der Waals surface area contributed by atoms with Gasteiger partial charge in [-0.1, -0.05) is 24.3 Å². The van der Waals surface area contributed by atoms with E-state index in [1.54, 1.807) is 49.6 Å². The van der Waals surface area contributed by atoms with Crippen LogP contribution < -0.4 is 14.8 Å². The normalized spacial score (nSPS) is 10.5. The third-order valence-electron chi connectivity index (χ3n) is 4.47. The molecule has 4 aromatic rings. The number of anilines is 1. The van der Waals surface area contributed by atoms with Gasteiger partial charge in [-0.25, -0.2) is 18.7 Å². The van der Waals surface area contributed by atoms with Crippen molar-refractivity contribution in [2.45, 2.75) is 0 Å². The molecule has 0 saturated carbocycles. The highest BCUT2D eigenvalue weighted by molar-refractivity contribution is 6.04. The molecule has 0 atom stereocenters. The van der Waals surface area contributed by atoms with Crippen LogP contribution in [0.1, 0.15) is 10.4 Å². The molecule has 0 aliphatic carbocycles. The molecule has 1 aromatic heterocycles. The van der Waals surface area contributed by atoms with Crippen LogP contribution in [0.25, 0.3) is 11.3 Å². The van der Waals surface area contributed by atoms with Crippen LogP contribution in [0.2, 0.25) is 0 Å². The number of hydrogen-bond donors (Lipinski definition) is 1. The molecule has 0 unspecified atom stereocenters. The van der Waals surface area contributed by atoms with Gasteiger partial charge in [0.1, 0.15) is 18.0 Å². The van der Waals surface area contributed by atoms with Crippen molar-refractivity contribution in [3.05, 3.63) is 96.3 Å². The maximum atomic E-state index is 13.4. The van der Waals surface area contributed by atoms with Gasteiger partial charge in [0.15, 0.2) is 11.5 Å². The first-order chi connectivity index (χ1) is 15.5. The molecule has 1 heterocycles. The minimum atomic E-state index is -0.780. The summed E-state index contributed by atoms with van der Waals surface area (Å²) in [7, 11) is 1.54. The summed E-state index contributed by atoms with van der Waals surface area (Å²) in [5.74, 6) is -0.730. The molecular formula is C24H17F2N3O3. The largest absolute Gasteiger partial charge is 0.493 e. The van der Waals surface area contributed by atoms with Crippen LogP contribution in [0.5, 0.6) is 17.4 Å². The van der Waals surface area contributed by atoms with Crippen LogP contribution in [0, 0.1) is 11.6 Å². The van der Waals surface area contributed by atoms with Gasteiger partial charge in [-0.3, -0.25) is 4.79 Å². The number of rotatable bonds is 6. The highest BCUT2D eigenvalue weighted by Crippen LogP contribution is 2.31. The van der Waals surface area contributed by atoms with Gasteiger partial charge in [0.2, 0.25) is 5.88 Å². The van der Waals surface area contributed by atoms with E-state index in [2.05, 4.69) is 15.3 Å². The van der Waals surface area contributed by atoms with Crippen molar-refractivity contribution in [1.29, 1.82) is 0 Å². The van der Waals surface area contributed by atoms with Crippen LogP contribution in [0.3, 0.4) is 0 Å². The number of hydrogen-bond acceptors (Lipinski definition) is 5. The summed E-state index contributed by atoms with van der Waals surface area (Å²) in [6.45, 7) is 0. The highest BCUT2D eigenvalue weighted by atomic mass is 19.1. The fraction of sp³-hybridized carbons (Fsp3) is 0.0417. The Morgan fingerprint density at radius 2 is 1.62 bits per heavy atom. The fourth-order valence-electron chi connectivity index (χ4n) is 3.02. The minimum absolute atomic E-state index is 0.0208. The Morgan fingerprint density at radius 3 is 2.38 bits per heavy atom. The molecule has 6 nitrogen and oxygen atoms in total. The summed E-state index contributed by atoms with van der Waals surface area (Å²) in [6, 6.07) is 18.2. The molecule has 0 spiro atoms. The fourth-order valence-corrected chi connectivity index (χ4v) is 3.02. The number of carbonyl (C=O) groups is 1. The zero-order chi connectivity index (χ0) is 22.5. The van der Waals surface area contributed by atoms with Crippen LogP contribution in [-0.4, -0.2) is 23.0 Å². The number of ether oxygens (including phenoxy) is 2. The van der Waals surface area contributed by atoms with Gasteiger partial charge in [0.25, 0.3) is 5.91 Å². The monoisotopic (exact) mass is 433 g/mol. The molecule has 1 N–H and O–H groups in total. The Kier molecular flexibility index (Phi) is 6.03. The highest BCUT2D eigenvalue weighted by Gasteiger charge is 2.12. The number of halogens is 2. The Labute approximate surface area is 182 Å². The lowest BCUT2D eigenvalue weighted by Gasteiger charge is -2.10. The molecule has 4 rings (SSSR count). The molecule has 1 amide bonds. The van der Waals surface area contributed by atoms with Crippen molar-refractivity contribution < 1.29 is 23.0 Å². The summed E-state index contributed by atoms with van der Waals surface area (Å²) in [5.41, 5.74) is 1.47. The number of carbonyl (C=O) groups excluding carboxylic acids is 1. The second kappa shape index (κ2) is 9.22. The van der Waals surface area contributed by atoms with Crippen molar-refractivity contribution in [3.8, 4) is 28.6 Å². The molecule has 8 heteroatoms. The van der Waals surface area contributed by atoms with Crippen LogP contribution in [0.4, 0.5) is 14.5 Å². The van der Waals surface area contributed by atoms with Crippen molar-refractivity contribution in [1.82, 2.24) is 9.97 Å². The second-order valence-corrected chi connectivity index (χ2v) is 6.69. The van der Waals surface area contributed by atoms with Crippen molar-refractivity contribution >= 4 is 11.6 Å². The molecule has 0 aliphatic rings. The predicted octanol–water partition coefficient (Wildman–Crippen LogP) is 5.48. The summed E-state index contributed by atoms with van der Waals surface area (Å²) >= 11 is 0. The Bertz CT molecular complexity index is 1260. The molecule has 0 fully saturated rings. The molecular weight excluding hydrogens is 416 g/mol. The lowest BCUT2D eigenvalue weighted by molar-refractivity contribution is 0.102. The third kappa shape index (κ3) is 4.86. The Morgan fingerprint density at radius 1 is 0.875 bits per heavy atom. The quantitative estimate of drug-likeness (QED) is 0.436. The van der Waals surface area contributed by atoms with Crippen LogP contribution in [-0.2, 0) is 0 Å². The standard InChI is InChI=1S/C24H17F2N3O3/c1-31-21-7-2-3-8-22(21)32-23-13-20(27-14-28-23)15-5-4-6-16(9-15)24(30)29-19-11-17(25)10-18(26)12-19/h2-14H,1H3,(H,29,30). The predicted molar refractivity (Wildman–Crippen MR) is 115 cm³/mol. The number of aromatic nitrogens is 2. The molecule has 0 aliphatic heterocycles. The number of nitrogens with one attached hydrogen (secondary N) is 1. The zero-order valence-electron chi connectivity index (χ0n) is 16.9. The second-order valence-electron chi connectivity index (χ2n) is 6.69. The zero-order valence-corrected chi connectivity index (χ0v) is 16.9. The molecule has 3 aromatic carbocycles. The van der Waals surface area contributed by atoms with E-state index in [0.717, 1.165) is 18.2 Å². The van der Waals surface area contributed by atoms with E-state index in [1.807, 2.05) is 12.1 Å². The molecule has 0 saturated heterocycles. The van der Waals surface area contributed by atoms with Crippen molar-refractivity contribution in [2.24, 2.45) is 0 Å². The van der Waals surface area contributed by atoms with E-state index in [0.29, 0.717) is 28.6 Å². The summed E-state index contributed by atoms with van der Waals surface area (Å²) < 4.78 is 37.9. The molecule has 0 bridgehead atoms. The number of nitrogens with zero attached hydrogens (tertiary/aromatic N) is 2. The third-order valence-corrected chi connectivity index (χ3v) is 4.47. The Hall–Kier alpha value is -4.33. The molecule has 0 radical (unpaired) electrons. The van der Waals surface area contributed by atoms with Gasteiger partial charge in [-0.15, -0.1) is 0 Å². The summed E-state index contributed by atoms with van der Waals surface area (Å²) in [6.07, 6.45) is 1.35. The van der Waals surface area contributed by atoms with Gasteiger partial charge in [0.05, 0.1) is 12.8 Å². The average Bonchev–Trinajstić information content (AvgIpc) is 2.79. The lowest BCUT2D eigenvalue weighted by Crippen LogP contribution is -2.12. The first-order valence-corrected chi connectivity index (χ1v) is 9.52. The average molecular weight is 433 g/mol. The molecule has 32 heavy (non-hydrogen) atoms. The number of methoxy groups -OCH3 is 1. The van der Waals surface area contributed by atoms with Crippen LogP contribution >= 0.6 is 0 Å². The van der Waals surface area contributed by atoms with E-state index in [1.165, 1.54) is 6.33 Å². The van der Waals surface area contributed by atoms with Gasteiger partial charge in [-0.05, 0) is 36.4 Å². The van der Waals surface area contributed by atoms with Gasteiger partial charge in [-0.2, -0.15) is 0 Å². The van der Waals surface area contributed by atoms with E-state index >= 15 is 0 Å². The first kappa shape index (κ1) is 20.9. The number of amides is 1. The van der Waals surface area contributed by atoms with Crippen LogP contribution in [0.15, 0.2) is 79.1 Å². The minimum Gasteiger partial charge on any atom is -0.493 e.